The number of methoxy groups -OCH3 is 1. The van der Waals surface area contributed by atoms with E-state index < -0.39 is 0 Å². The number of esters is 1. The zero-order chi connectivity index (χ0) is 18.0. The molecule has 0 amide bonds. The molecule has 0 bridgehead atoms. The first-order valence-electron chi connectivity index (χ1n) is 10.3. The molecule has 0 aromatic heterocycles. The minimum atomic E-state index is -0.237. The maximum absolute atomic E-state index is 12.4. The lowest BCUT2D eigenvalue weighted by atomic mass is 9.42. The van der Waals surface area contributed by atoms with Crippen molar-refractivity contribution >= 4 is 5.97 Å². The van der Waals surface area contributed by atoms with Gasteiger partial charge in [0, 0.05) is 5.54 Å². The molecule has 0 aromatic carbocycles. The van der Waals surface area contributed by atoms with E-state index in [-0.39, 0.29) is 28.9 Å². The number of nitrogens with two attached hydrogens (primary N) is 1. The fraction of sp³-hybridized carbons (Fsp3) is 0.952. The van der Waals surface area contributed by atoms with Crippen LogP contribution in [0.5, 0.6) is 0 Å². The summed E-state index contributed by atoms with van der Waals surface area (Å²) in [7, 11) is 1.51. The quantitative estimate of drug-likeness (QED) is 0.713. The molecule has 25 heavy (non-hydrogen) atoms. The van der Waals surface area contributed by atoms with Crippen LogP contribution in [-0.2, 0) is 9.53 Å². The second kappa shape index (κ2) is 5.69. The molecule has 0 saturated heterocycles. The summed E-state index contributed by atoms with van der Waals surface area (Å²) in [6, 6.07) is 0. The van der Waals surface area contributed by atoms with Gasteiger partial charge in [-0.1, -0.05) is 13.8 Å². The van der Waals surface area contributed by atoms with Crippen molar-refractivity contribution in [3.63, 3.8) is 0 Å². The van der Waals surface area contributed by atoms with Gasteiger partial charge in [-0.05, 0) is 86.4 Å². The van der Waals surface area contributed by atoms with E-state index in [9.17, 15) is 9.90 Å². The molecule has 0 radical (unpaired) electrons. The van der Waals surface area contributed by atoms with E-state index in [1.54, 1.807) is 0 Å². The van der Waals surface area contributed by atoms with Crippen LogP contribution in [0.1, 0.15) is 71.6 Å². The smallest absolute Gasteiger partial charge is 0.309 e. The Hall–Kier alpha value is -0.610. The van der Waals surface area contributed by atoms with Gasteiger partial charge in [0.05, 0.1) is 19.1 Å². The number of hydrogen-bond acceptors (Lipinski definition) is 4. The van der Waals surface area contributed by atoms with Crippen LogP contribution in [0, 0.1) is 34.5 Å². The number of fused-ring (bicyclic) bond motifs is 5. The highest BCUT2D eigenvalue weighted by Crippen LogP contribution is 2.68. The lowest BCUT2D eigenvalue weighted by Crippen LogP contribution is -2.66. The first-order chi connectivity index (χ1) is 11.8. The van der Waals surface area contributed by atoms with Crippen LogP contribution < -0.4 is 5.73 Å². The molecule has 4 rings (SSSR count). The molecule has 8 atom stereocenters. The fourth-order valence-corrected chi connectivity index (χ4v) is 7.83. The number of aliphatic hydroxyl groups excluding tert-OH is 1. The molecule has 3 N–H and O–H groups in total. The van der Waals surface area contributed by atoms with Gasteiger partial charge in [-0.2, -0.15) is 0 Å². The van der Waals surface area contributed by atoms with Gasteiger partial charge in [0.15, 0.2) is 0 Å². The molecular formula is C21H35NO3. The summed E-state index contributed by atoms with van der Waals surface area (Å²) in [4.78, 5) is 12.4. The average molecular weight is 350 g/mol. The number of rotatable bonds is 1. The molecule has 4 aliphatic rings. The highest BCUT2D eigenvalue weighted by atomic mass is 16.5. The minimum Gasteiger partial charge on any atom is -0.469 e. The predicted molar refractivity (Wildman–Crippen MR) is 96.7 cm³/mol. The van der Waals surface area contributed by atoms with Gasteiger partial charge < -0.3 is 15.6 Å². The first kappa shape index (κ1) is 17.8. The molecule has 0 aliphatic heterocycles. The number of carbonyl (C=O) groups excluding carboxylic acids is 1. The van der Waals surface area contributed by atoms with Gasteiger partial charge in [-0.15, -0.1) is 0 Å². The van der Waals surface area contributed by atoms with Crippen molar-refractivity contribution in [1.82, 2.24) is 0 Å². The van der Waals surface area contributed by atoms with Gasteiger partial charge in [-0.3, -0.25) is 4.79 Å². The van der Waals surface area contributed by atoms with Crippen molar-refractivity contribution in [3.8, 4) is 0 Å². The van der Waals surface area contributed by atoms with E-state index in [4.69, 9.17) is 10.5 Å². The molecule has 0 aromatic rings. The van der Waals surface area contributed by atoms with Crippen molar-refractivity contribution in [2.24, 2.45) is 40.2 Å². The summed E-state index contributed by atoms with van der Waals surface area (Å²) in [5.41, 5.74) is 7.14. The maximum atomic E-state index is 12.4. The van der Waals surface area contributed by atoms with Crippen molar-refractivity contribution < 1.29 is 14.6 Å². The van der Waals surface area contributed by atoms with E-state index >= 15 is 0 Å². The summed E-state index contributed by atoms with van der Waals surface area (Å²) in [5.74, 6) is 1.70. The molecule has 142 valence electrons. The van der Waals surface area contributed by atoms with Gasteiger partial charge in [0.1, 0.15) is 0 Å². The Morgan fingerprint density at radius 2 is 1.80 bits per heavy atom. The fourth-order valence-electron chi connectivity index (χ4n) is 7.83. The van der Waals surface area contributed by atoms with Crippen molar-refractivity contribution in [3.05, 3.63) is 0 Å². The van der Waals surface area contributed by atoms with Gasteiger partial charge in [0.25, 0.3) is 0 Å². The molecule has 3 unspecified atom stereocenters. The Morgan fingerprint density at radius 3 is 2.52 bits per heavy atom. The first-order valence-corrected chi connectivity index (χ1v) is 10.3. The van der Waals surface area contributed by atoms with Gasteiger partial charge >= 0.3 is 5.97 Å². The SMILES string of the molecule is COC(=O)C1CC[C@@]2(N)[C@@H]3CCC4CC(O)CC[C@]4(C)[C@H]3CC[C@]12C. The van der Waals surface area contributed by atoms with Crippen LogP contribution >= 0.6 is 0 Å². The monoisotopic (exact) mass is 349 g/mol. The highest BCUT2D eigenvalue weighted by molar-refractivity contribution is 5.74. The number of ether oxygens (including phenoxy) is 1. The molecule has 4 saturated carbocycles. The van der Waals surface area contributed by atoms with Crippen LogP contribution in [0.4, 0.5) is 0 Å². The van der Waals surface area contributed by atoms with E-state index in [2.05, 4.69) is 13.8 Å². The number of aliphatic hydroxyl groups is 1. The van der Waals surface area contributed by atoms with E-state index in [0.717, 1.165) is 44.9 Å². The standard InChI is InChI=1S/C21H35NO3/c1-19-9-6-14(23)12-13(19)4-5-16-15(19)7-10-20(2)17(18(24)25-3)8-11-21(16,20)22/h13-17,23H,4-12,22H2,1-3H3/t13?,14?,15-,16+,17?,19-,20+,21+/m0/s1. The molecule has 0 heterocycles. The summed E-state index contributed by atoms with van der Waals surface area (Å²) in [5, 5.41) is 10.1. The van der Waals surface area contributed by atoms with E-state index in [0.29, 0.717) is 23.2 Å². The van der Waals surface area contributed by atoms with Crippen molar-refractivity contribution in [1.29, 1.82) is 0 Å². The zero-order valence-electron chi connectivity index (χ0n) is 16.1. The Kier molecular flexibility index (Phi) is 4.05. The normalized spacial score (nSPS) is 55.0. The van der Waals surface area contributed by atoms with Crippen LogP contribution in [0.25, 0.3) is 0 Å². The van der Waals surface area contributed by atoms with Crippen LogP contribution in [0.2, 0.25) is 0 Å². The molecule has 4 heteroatoms. The summed E-state index contributed by atoms with van der Waals surface area (Å²) in [6.45, 7) is 4.73. The molecule has 4 fully saturated rings. The van der Waals surface area contributed by atoms with Crippen LogP contribution in [0.3, 0.4) is 0 Å². The number of carbonyl (C=O) groups is 1. The van der Waals surface area contributed by atoms with E-state index in [1.807, 2.05) is 0 Å². The van der Waals surface area contributed by atoms with Crippen LogP contribution in [0.15, 0.2) is 0 Å². The summed E-state index contributed by atoms with van der Waals surface area (Å²) >= 11 is 0. The van der Waals surface area contributed by atoms with Crippen molar-refractivity contribution in [2.75, 3.05) is 7.11 Å². The third kappa shape index (κ3) is 2.22. The lowest BCUT2D eigenvalue weighted by molar-refractivity contribution is -0.160. The van der Waals surface area contributed by atoms with Gasteiger partial charge in [-0.25, -0.2) is 0 Å². The summed E-state index contributed by atoms with van der Waals surface area (Å²) < 4.78 is 5.12. The molecular weight excluding hydrogens is 314 g/mol. The third-order valence-corrected chi connectivity index (χ3v) is 9.47. The molecule has 4 aliphatic carbocycles. The average Bonchev–Trinajstić information content (AvgIpc) is 2.86. The minimum absolute atomic E-state index is 0.0397. The highest BCUT2D eigenvalue weighted by Gasteiger charge is 2.67. The Bertz CT molecular complexity index is 565. The zero-order valence-corrected chi connectivity index (χ0v) is 16.1. The second-order valence-electron chi connectivity index (χ2n) is 10.0. The molecule has 0 spiro atoms. The second-order valence-corrected chi connectivity index (χ2v) is 10.0. The van der Waals surface area contributed by atoms with Crippen LogP contribution in [-0.4, -0.2) is 29.8 Å². The van der Waals surface area contributed by atoms with Crippen molar-refractivity contribution in [2.45, 2.75) is 83.3 Å². The largest absolute Gasteiger partial charge is 0.469 e. The topological polar surface area (TPSA) is 72.5 Å². The Morgan fingerprint density at radius 1 is 1.04 bits per heavy atom. The number of hydrogen-bond donors (Lipinski definition) is 2. The Labute approximate surface area is 151 Å². The third-order valence-electron chi connectivity index (χ3n) is 9.47. The lowest BCUT2D eigenvalue weighted by Gasteiger charge is -2.64. The Balaban J connectivity index is 1.66. The molecule has 4 nitrogen and oxygen atoms in total. The van der Waals surface area contributed by atoms with Gasteiger partial charge in [0.2, 0.25) is 0 Å². The summed E-state index contributed by atoms with van der Waals surface area (Å²) in [6.07, 6.45) is 9.33. The predicted octanol–water partition coefficient (Wildman–Crippen LogP) is 3.26. The van der Waals surface area contributed by atoms with E-state index in [1.165, 1.54) is 20.0 Å². The maximum Gasteiger partial charge on any atom is 0.309 e.